The number of fused-ring (bicyclic) bond motifs is 1. The van der Waals surface area contributed by atoms with Gasteiger partial charge in [0.05, 0.1) is 35.5 Å². The molecule has 3 aromatic rings. The van der Waals surface area contributed by atoms with E-state index in [1.54, 1.807) is 25.1 Å². The van der Waals surface area contributed by atoms with Crippen molar-refractivity contribution < 1.29 is 17.9 Å². The molecule has 1 aliphatic rings. The van der Waals surface area contributed by atoms with Crippen LogP contribution in [0.4, 0.5) is 13.2 Å². The Hall–Kier alpha value is -2.50. The molecule has 0 amide bonds. The molecule has 0 atom stereocenters. The summed E-state index contributed by atoms with van der Waals surface area (Å²) in [5.41, 5.74) is -1.56. The van der Waals surface area contributed by atoms with E-state index in [1.165, 1.54) is 0 Å². The number of ether oxygens (including phenoxy) is 1. The summed E-state index contributed by atoms with van der Waals surface area (Å²) < 4.78 is 48.3. The van der Waals surface area contributed by atoms with Gasteiger partial charge in [-0.25, -0.2) is 4.98 Å². The lowest BCUT2D eigenvalue weighted by molar-refractivity contribution is -0.141. The fourth-order valence-corrected chi connectivity index (χ4v) is 4.44. The maximum Gasteiger partial charge on any atom is 0.433 e. The summed E-state index contributed by atoms with van der Waals surface area (Å²) in [6.07, 6.45) is -4.52. The van der Waals surface area contributed by atoms with Crippen LogP contribution in [-0.2, 0) is 10.9 Å². The van der Waals surface area contributed by atoms with Crippen LogP contribution in [0, 0.1) is 0 Å². The van der Waals surface area contributed by atoms with E-state index in [0.29, 0.717) is 31.8 Å². The molecule has 3 heterocycles. The number of aromatic nitrogens is 3. The molecule has 166 valence electrons. The summed E-state index contributed by atoms with van der Waals surface area (Å²) in [7, 11) is 0. The minimum Gasteiger partial charge on any atom is -0.379 e. The molecule has 0 spiro atoms. The zero-order valence-corrected chi connectivity index (χ0v) is 17.7. The maximum absolute atomic E-state index is 13.8. The molecule has 11 heteroatoms. The third-order valence-electron chi connectivity index (χ3n) is 5.09. The number of morpholine rings is 1. The Morgan fingerprint density at radius 2 is 2.03 bits per heavy atom. The van der Waals surface area contributed by atoms with Crippen molar-refractivity contribution in [1.29, 1.82) is 0 Å². The summed E-state index contributed by atoms with van der Waals surface area (Å²) in [5.74, 6) is 0. The Labute approximate surface area is 180 Å². The molecular weight excluding hydrogens is 431 g/mol. The van der Waals surface area contributed by atoms with Crippen LogP contribution < -0.4 is 5.56 Å². The topological polar surface area (TPSA) is 75.5 Å². The predicted molar refractivity (Wildman–Crippen MR) is 114 cm³/mol. The summed E-state index contributed by atoms with van der Waals surface area (Å²) in [6, 6.07) is 7.15. The van der Waals surface area contributed by atoms with Gasteiger partial charge in [0.25, 0.3) is 5.56 Å². The van der Waals surface area contributed by atoms with Crippen LogP contribution in [0.2, 0.25) is 0 Å². The van der Waals surface area contributed by atoms with Gasteiger partial charge in [0, 0.05) is 25.3 Å². The molecule has 0 saturated carbocycles. The molecule has 0 aliphatic carbocycles. The first-order chi connectivity index (χ1) is 14.9. The van der Waals surface area contributed by atoms with Gasteiger partial charge in [-0.1, -0.05) is 30.4 Å². The number of alkyl halides is 3. The first kappa shape index (κ1) is 21.7. The molecule has 31 heavy (non-hydrogen) atoms. The number of benzene rings is 1. The highest BCUT2D eigenvalue weighted by molar-refractivity contribution is 7.20. The van der Waals surface area contributed by atoms with Gasteiger partial charge in [0.1, 0.15) is 0 Å². The first-order valence-electron chi connectivity index (χ1n) is 10.0. The second-order valence-corrected chi connectivity index (χ2v) is 8.11. The number of nitrogens with zero attached hydrogens (tertiary/aromatic N) is 4. The van der Waals surface area contributed by atoms with Crippen LogP contribution in [0.1, 0.15) is 24.6 Å². The minimum absolute atomic E-state index is 0.140. The van der Waals surface area contributed by atoms with E-state index in [0.717, 1.165) is 33.8 Å². The normalized spacial score (nSPS) is 16.3. The lowest BCUT2D eigenvalue weighted by Crippen LogP contribution is -2.37. The van der Waals surface area contributed by atoms with Gasteiger partial charge < -0.3 is 4.74 Å². The van der Waals surface area contributed by atoms with E-state index in [2.05, 4.69) is 20.0 Å². The number of hydrogen-bond donors (Lipinski definition) is 1. The van der Waals surface area contributed by atoms with Crippen LogP contribution in [0.25, 0.3) is 15.3 Å². The molecule has 0 bridgehead atoms. The van der Waals surface area contributed by atoms with Gasteiger partial charge in [-0.05, 0) is 18.6 Å². The van der Waals surface area contributed by atoms with E-state index in [4.69, 9.17) is 4.74 Å². The first-order valence-corrected chi connectivity index (χ1v) is 10.8. The van der Waals surface area contributed by atoms with Crippen molar-refractivity contribution >= 4 is 27.3 Å². The fourth-order valence-electron chi connectivity index (χ4n) is 3.52. The second-order valence-electron chi connectivity index (χ2n) is 7.10. The fraction of sp³-hybridized carbons (Fsp3) is 0.450. The largest absolute Gasteiger partial charge is 0.433 e. The van der Waals surface area contributed by atoms with Gasteiger partial charge >= 0.3 is 6.18 Å². The molecule has 0 unspecified atom stereocenters. The van der Waals surface area contributed by atoms with Crippen molar-refractivity contribution in [2.45, 2.75) is 19.5 Å². The molecular formula is C20H22F3N5O2S. The van der Waals surface area contributed by atoms with Crippen LogP contribution >= 0.6 is 11.3 Å². The number of aliphatic imine (C=N–C) groups is 1. The molecule has 4 rings (SSSR count). The molecule has 1 fully saturated rings. The zero-order chi connectivity index (χ0) is 22.0. The Bertz CT molecular complexity index is 1110. The van der Waals surface area contributed by atoms with Crippen molar-refractivity contribution in [3.63, 3.8) is 0 Å². The van der Waals surface area contributed by atoms with E-state index in [-0.39, 0.29) is 17.3 Å². The van der Waals surface area contributed by atoms with E-state index < -0.39 is 23.0 Å². The number of hydrogen-bond acceptors (Lipinski definition) is 6. The highest BCUT2D eigenvalue weighted by atomic mass is 32.1. The van der Waals surface area contributed by atoms with Crippen molar-refractivity contribution in [2.24, 2.45) is 4.99 Å². The van der Waals surface area contributed by atoms with Crippen LogP contribution in [-0.4, -0.2) is 64.8 Å². The quantitative estimate of drug-likeness (QED) is 0.581. The molecule has 1 N–H and O–H groups in total. The van der Waals surface area contributed by atoms with Gasteiger partial charge in [-0.3, -0.25) is 19.8 Å². The smallest absolute Gasteiger partial charge is 0.379 e. The van der Waals surface area contributed by atoms with E-state index >= 15 is 0 Å². The zero-order valence-electron chi connectivity index (χ0n) is 16.9. The lowest BCUT2D eigenvalue weighted by Gasteiger charge is -2.25. The average Bonchev–Trinajstić information content (AvgIpc) is 3.33. The SMILES string of the molecule is CCC(=NCCN1CCOCC1)c1c(C(F)(F)F)[nH]n(-c2nc3ccccc3s2)c1=O. The molecule has 0 radical (unpaired) electrons. The lowest BCUT2D eigenvalue weighted by atomic mass is 10.1. The van der Waals surface area contributed by atoms with Crippen molar-refractivity contribution in [2.75, 3.05) is 39.4 Å². The standard InChI is InChI=1S/C20H22F3N5O2S/c1-2-13(24-7-8-27-9-11-30-12-10-27)16-17(20(21,22)23)26-28(18(16)29)19-25-14-5-3-4-6-15(14)31-19/h3-6,26H,2,7-12H2,1H3. The molecule has 7 nitrogen and oxygen atoms in total. The highest BCUT2D eigenvalue weighted by Gasteiger charge is 2.39. The molecule has 1 aromatic carbocycles. The van der Waals surface area contributed by atoms with Crippen LogP contribution in [0.5, 0.6) is 0 Å². The Morgan fingerprint density at radius 1 is 1.29 bits per heavy atom. The number of nitrogens with one attached hydrogen (secondary N) is 1. The molecule has 2 aromatic heterocycles. The number of aromatic amines is 1. The summed E-state index contributed by atoms with van der Waals surface area (Å²) in [5, 5.41) is 2.40. The third kappa shape index (κ3) is 4.58. The minimum atomic E-state index is -4.73. The number of para-hydroxylation sites is 1. The Balaban J connectivity index is 1.71. The summed E-state index contributed by atoms with van der Waals surface area (Å²) in [6.45, 7) is 5.40. The van der Waals surface area contributed by atoms with E-state index in [1.807, 2.05) is 6.07 Å². The van der Waals surface area contributed by atoms with Crippen molar-refractivity contribution in [1.82, 2.24) is 19.7 Å². The highest BCUT2D eigenvalue weighted by Crippen LogP contribution is 2.31. The second kappa shape index (κ2) is 8.93. The average molecular weight is 453 g/mol. The number of thiazole rings is 1. The van der Waals surface area contributed by atoms with Gasteiger partial charge in [-0.2, -0.15) is 17.9 Å². The van der Waals surface area contributed by atoms with Gasteiger partial charge in [0.2, 0.25) is 5.13 Å². The monoisotopic (exact) mass is 453 g/mol. The van der Waals surface area contributed by atoms with E-state index in [9.17, 15) is 18.0 Å². The molecule has 1 saturated heterocycles. The summed E-state index contributed by atoms with van der Waals surface area (Å²) >= 11 is 1.15. The number of rotatable bonds is 6. The maximum atomic E-state index is 13.8. The van der Waals surface area contributed by atoms with Crippen LogP contribution in [0.15, 0.2) is 34.1 Å². The Kier molecular flexibility index (Phi) is 6.26. The third-order valence-corrected chi connectivity index (χ3v) is 6.12. The van der Waals surface area contributed by atoms with Crippen molar-refractivity contribution in [3.05, 3.63) is 45.9 Å². The number of H-pyrrole nitrogens is 1. The predicted octanol–water partition coefficient (Wildman–Crippen LogP) is 3.33. The van der Waals surface area contributed by atoms with Crippen LogP contribution in [0.3, 0.4) is 0 Å². The Morgan fingerprint density at radius 3 is 2.71 bits per heavy atom. The van der Waals surface area contributed by atoms with Gasteiger partial charge in [-0.15, -0.1) is 0 Å². The molecule has 1 aliphatic heterocycles. The van der Waals surface area contributed by atoms with Crippen molar-refractivity contribution in [3.8, 4) is 5.13 Å². The summed E-state index contributed by atoms with van der Waals surface area (Å²) in [4.78, 5) is 23.9. The number of halogens is 3. The van der Waals surface area contributed by atoms with Gasteiger partial charge in [0.15, 0.2) is 5.69 Å².